The molecule has 1 aliphatic rings. The molecule has 20 heavy (non-hydrogen) atoms. The van der Waals surface area contributed by atoms with Gasteiger partial charge in [0.1, 0.15) is 0 Å². The molecule has 0 radical (unpaired) electrons. The first-order valence-electron chi connectivity index (χ1n) is 7.75. The molecule has 0 aromatic heterocycles. The van der Waals surface area contributed by atoms with E-state index >= 15 is 0 Å². The Balaban J connectivity index is 1.96. The van der Waals surface area contributed by atoms with E-state index in [2.05, 4.69) is 66.4 Å². The van der Waals surface area contributed by atoms with Gasteiger partial charge in [0.05, 0.1) is 0 Å². The lowest BCUT2D eigenvalue weighted by Crippen LogP contribution is -2.32. The van der Waals surface area contributed by atoms with Crippen molar-refractivity contribution >= 4 is 11.4 Å². The van der Waals surface area contributed by atoms with E-state index in [9.17, 15) is 0 Å². The molecular weight excluding hydrogens is 242 g/mol. The van der Waals surface area contributed by atoms with Gasteiger partial charge in [0.15, 0.2) is 0 Å². The number of hydrogen-bond acceptors (Lipinski definition) is 1. The van der Waals surface area contributed by atoms with E-state index in [4.69, 9.17) is 0 Å². The average Bonchev–Trinajstić information content (AvgIpc) is 2.52. The minimum Gasteiger partial charge on any atom is -0.338 e. The first kappa shape index (κ1) is 13.2. The van der Waals surface area contributed by atoms with Gasteiger partial charge >= 0.3 is 0 Å². The molecule has 1 fully saturated rings. The average molecular weight is 265 g/mol. The molecule has 3 rings (SSSR count). The van der Waals surface area contributed by atoms with Crippen LogP contribution in [0, 0.1) is 6.92 Å². The molecule has 2 aromatic rings. The third-order valence-electron chi connectivity index (χ3n) is 4.29. The Bertz CT molecular complexity index is 523. The number of aryl methyl sites for hydroxylation is 1. The predicted octanol–water partition coefficient (Wildman–Crippen LogP) is 5.47. The van der Waals surface area contributed by atoms with Gasteiger partial charge in [0.2, 0.25) is 0 Å². The summed E-state index contributed by atoms with van der Waals surface area (Å²) >= 11 is 0. The summed E-state index contributed by atoms with van der Waals surface area (Å²) in [6.07, 6.45) is 6.73. The van der Waals surface area contributed by atoms with Crippen LogP contribution in [0.3, 0.4) is 0 Å². The van der Waals surface area contributed by atoms with Gasteiger partial charge in [0, 0.05) is 17.4 Å². The van der Waals surface area contributed by atoms with Gasteiger partial charge in [-0.1, -0.05) is 55.2 Å². The summed E-state index contributed by atoms with van der Waals surface area (Å²) in [5, 5.41) is 0. The predicted molar refractivity (Wildman–Crippen MR) is 86.6 cm³/mol. The van der Waals surface area contributed by atoms with Crippen LogP contribution in [-0.4, -0.2) is 6.04 Å². The molecule has 1 aliphatic carbocycles. The quantitative estimate of drug-likeness (QED) is 0.711. The van der Waals surface area contributed by atoms with Gasteiger partial charge in [-0.05, 0) is 44.0 Å². The second-order valence-corrected chi connectivity index (χ2v) is 5.83. The molecule has 0 amide bonds. The largest absolute Gasteiger partial charge is 0.338 e. The first-order valence-corrected chi connectivity index (χ1v) is 7.75. The Hall–Kier alpha value is -1.76. The topological polar surface area (TPSA) is 3.24 Å². The van der Waals surface area contributed by atoms with Gasteiger partial charge in [0.25, 0.3) is 0 Å². The van der Waals surface area contributed by atoms with Gasteiger partial charge in [-0.3, -0.25) is 0 Å². The van der Waals surface area contributed by atoms with Crippen molar-refractivity contribution in [3.05, 3.63) is 60.2 Å². The Kier molecular flexibility index (Phi) is 4.05. The summed E-state index contributed by atoms with van der Waals surface area (Å²) in [6.45, 7) is 2.15. The van der Waals surface area contributed by atoms with E-state index in [1.54, 1.807) is 0 Å². The van der Waals surface area contributed by atoms with Crippen LogP contribution in [0.2, 0.25) is 0 Å². The minimum absolute atomic E-state index is 0.647. The van der Waals surface area contributed by atoms with E-state index < -0.39 is 0 Å². The van der Waals surface area contributed by atoms with Gasteiger partial charge in [-0.25, -0.2) is 0 Å². The fourth-order valence-electron chi connectivity index (χ4n) is 3.20. The van der Waals surface area contributed by atoms with Crippen LogP contribution < -0.4 is 4.90 Å². The van der Waals surface area contributed by atoms with Crippen molar-refractivity contribution in [2.45, 2.75) is 45.1 Å². The minimum atomic E-state index is 0.647. The first-order chi connectivity index (χ1) is 9.84. The SMILES string of the molecule is Cc1ccc(N(c2ccccc2)C2CCCCC2)cc1. The maximum Gasteiger partial charge on any atom is 0.0413 e. The number of rotatable bonds is 3. The molecule has 0 unspecified atom stereocenters. The highest BCUT2D eigenvalue weighted by Gasteiger charge is 2.22. The van der Waals surface area contributed by atoms with Crippen molar-refractivity contribution in [1.82, 2.24) is 0 Å². The summed E-state index contributed by atoms with van der Waals surface area (Å²) in [4.78, 5) is 2.54. The normalized spacial score (nSPS) is 16.1. The van der Waals surface area contributed by atoms with Crippen molar-refractivity contribution in [3.8, 4) is 0 Å². The van der Waals surface area contributed by atoms with Gasteiger partial charge in [-0.2, -0.15) is 0 Å². The zero-order chi connectivity index (χ0) is 13.8. The van der Waals surface area contributed by atoms with Crippen LogP contribution in [0.25, 0.3) is 0 Å². The lowest BCUT2D eigenvalue weighted by molar-refractivity contribution is 0.436. The molecule has 0 saturated heterocycles. The molecule has 0 heterocycles. The maximum absolute atomic E-state index is 2.54. The molecule has 1 saturated carbocycles. The van der Waals surface area contributed by atoms with Crippen LogP contribution in [0.15, 0.2) is 54.6 Å². The summed E-state index contributed by atoms with van der Waals surface area (Å²) in [6, 6.07) is 20.4. The monoisotopic (exact) mass is 265 g/mol. The van der Waals surface area contributed by atoms with Gasteiger partial charge in [-0.15, -0.1) is 0 Å². The van der Waals surface area contributed by atoms with Crippen molar-refractivity contribution in [2.75, 3.05) is 4.90 Å². The second-order valence-electron chi connectivity index (χ2n) is 5.83. The van der Waals surface area contributed by atoms with E-state index in [-0.39, 0.29) is 0 Å². The lowest BCUT2D eigenvalue weighted by Gasteiger charge is -2.36. The van der Waals surface area contributed by atoms with Crippen LogP contribution in [0.4, 0.5) is 11.4 Å². The molecule has 0 atom stereocenters. The highest BCUT2D eigenvalue weighted by molar-refractivity contribution is 5.64. The smallest absolute Gasteiger partial charge is 0.0413 e. The summed E-state index contributed by atoms with van der Waals surface area (Å²) in [7, 11) is 0. The van der Waals surface area contributed by atoms with Crippen molar-refractivity contribution in [2.24, 2.45) is 0 Å². The zero-order valence-corrected chi connectivity index (χ0v) is 12.3. The molecule has 2 aromatic carbocycles. The third-order valence-corrected chi connectivity index (χ3v) is 4.29. The lowest BCUT2D eigenvalue weighted by atomic mass is 9.93. The molecule has 1 heteroatoms. The maximum atomic E-state index is 2.54. The summed E-state index contributed by atoms with van der Waals surface area (Å²) in [5.74, 6) is 0. The fraction of sp³-hybridized carbons (Fsp3) is 0.368. The molecule has 104 valence electrons. The molecule has 0 N–H and O–H groups in total. The third kappa shape index (κ3) is 2.87. The Morgan fingerprint density at radius 1 is 0.750 bits per heavy atom. The summed E-state index contributed by atoms with van der Waals surface area (Å²) < 4.78 is 0. The summed E-state index contributed by atoms with van der Waals surface area (Å²) in [5.41, 5.74) is 3.97. The molecular formula is C19H23N. The molecule has 0 spiro atoms. The molecule has 1 nitrogen and oxygen atoms in total. The number of hydrogen-bond donors (Lipinski definition) is 0. The number of benzene rings is 2. The van der Waals surface area contributed by atoms with Gasteiger partial charge < -0.3 is 4.90 Å². The molecule has 0 aliphatic heterocycles. The Morgan fingerprint density at radius 3 is 2.00 bits per heavy atom. The highest BCUT2D eigenvalue weighted by atomic mass is 15.2. The fourth-order valence-corrected chi connectivity index (χ4v) is 3.20. The number of para-hydroxylation sites is 1. The van der Waals surface area contributed by atoms with E-state index in [1.807, 2.05) is 0 Å². The second kappa shape index (κ2) is 6.13. The Labute approximate surface area is 122 Å². The van der Waals surface area contributed by atoms with Crippen molar-refractivity contribution < 1.29 is 0 Å². The van der Waals surface area contributed by atoms with Crippen LogP contribution in [0.1, 0.15) is 37.7 Å². The Morgan fingerprint density at radius 2 is 1.35 bits per heavy atom. The van der Waals surface area contributed by atoms with E-state index in [1.165, 1.54) is 49.0 Å². The van der Waals surface area contributed by atoms with Crippen molar-refractivity contribution in [1.29, 1.82) is 0 Å². The number of anilines is 2. The van der Waals surface area contributed by atoms with E-state index in [0.29, 0.717) is 6.04 Å². The highest BCUT2D eigenvalue weighted by Crippen LogP contribution is 2.34. The van der Waals surface area contributed by atoms with Crippen molar-refractivity contribution in [3.63, 3.8) is 0 Å². The van der Waals surface area contributed by atoms with Crippen LogP contribution in [-0.2, 0) is 0 Å². The zero-order valence-electron chi connectivity index (χ0n) is 12.3. The van der Waals surface area contributed by atoms with Crippen LogP contribution in [0.5, 0.6) is 0 Å². The van der Waals surface area contributed by atoms with Crippen LogP contribution >= 0.6 is 0 Å². The standard InChI is InChI=1S/C19H23N/c1-16-12-14-19(15-13-16)20(17-8-4-2-5-9-17)18-10-6-3-7-11-18/h2,4-5,8-9,12-15,18H,3,6-7,10-11H2,1H3. The van der Waals surface area contributed by atoms with E-state index in [0.717, 1.165) is 0 Å². The number of nitrogens with zero attached hydrogens (tertiary/aromatic N) is 1. The molecule has 0 bridgehead atoms.